The van der Waals surface area contributed by atoms with Gasteiger partial charge in [0, 0.05) is 32.1 Å². The number of anilines is 1. The van der Waals surface area contributed by atoms with E-state index in [1.165, 1.54) is 0 Å². The number of carbonyl (C=O) groups excluding carboxylic acids is 2. The van der Waals surface area contributed by atoms with Crippen molar-refractivity contribution in [2.45, 2.75) is 25.4 Å². The number of nitrogens with one attached hydrogen (secondary N) is 2. The molecule has 3 amide bonds. The summed E-state index contributed by atoms with van der Waals surface area (Å²) >= 11 is 0. The van der Waals surface area contributed by atoms with Gasteiger partial charge in [0.05, 0.1) is 12.2 Å². The Kier molecular flexibility index (Phi) is 4.69. The van der Waals surface area contributed by atoms with E-state index in [2.05, 4.69) is 25.9 Å². The zero-order valence-electron chi connectivity index (χ0n) is 13.3. The molecule has 1 unspecified atom stereocenters. The van der Waals surface area contributed by atoms with Gasteiger partial charge in [0.2, 0.25) is 0 Å². The Balaban J connectivity index is 1.56. The van der Waals surface area contributed by atoms with E-state index in [1.807, 2.05) is 0 Å². The molecule has 1 aliphatic rings. The quantitative estimate of drug-likeness (QED) is 0.834. The molecule has 9 nitrogen and oxygen atoms in total. The number of piperidine rings is 1. The lowest BCUT2D eigenvalue weighted by Crippen LogP contribution is -2.54. The van der Waals surface area contributed by atoms with Crippen molar-refractivity contribution in [2.24, 2.45) is 7.05 Å². The maximum atomic E-state index is 12.6. The number of hydrogen-bond acceptors (Lipinski definition) is 5. The molecule has 24 heavy (non-hydrogen) atoms. The maximum Gasteiger partial charge on any atom is 0.315 e. The van der Waals surface area contributed by atoms with Crippen LogP contribution in [0.5, 0.6) is 0 Å². The first kappa shape index (κ1) is 15.9. The highest BCUT2D eigenvalue weighted by atomic mass is 16.2. The van der Waals surface area contributed by atoms with Crippen LogP contribution in [0.1, 0.15) is 18.5 Å². The predicted octanol–water partition coefficient (Wildman–Crippen LogP) is 0.205. The minimum atomic E-state index is -0.553. The van der Waals surface area contributed by atoms with Gasteiger partial charge in [-0.05, 0) is 25.0 Å². The standard InChI is InChI=1S/C15H19N7O2/c1-21-9-6-13(20-21)22-8-3-5-12(14(22)23)18-15(24)16-10-11-4-2-7-17-19-11/h2,4,6-7,9,12H,3,5,8,10H2,1H3,(H2,16,18,24). The van der Waals surface area contributed by atoms with Crippen molar-refractivity contribution in [3.63, 3.8) is 0 Å². The van der Waals surface area contributed by atoms with Crippen LogP contribution < -0.4 is 15.5 Å². The topological polar surface area (TPSA) is 105 Å². The first-order valence-corrected chi connectivity index (χ1v) is 7.75. The van der Waals surface area contributed by atoms with E-state index in [4.69, 9.17) is 0 Å². The molecule has 126 valence electrons. The van der Waals surface area contributed by atoms with Crippen molar-refractivity contribution in [3.05, 3.63) is 36.3 Å². The van der Waals surface area contributed by atoms with Crippen molar-refractivity contribution in [1.82, 2.24) is 30.6 Å². The molecule has 0 aromatic carbocycles. The average molecular weight is 329 g/mol. The van der Waals surface area contributed by atoms with Crippen molar-refractivity contribution in [1.29, 1.82) is 0 Å². The summed E-state index contributed by atoms with van der Waals surface area (Å²) in [7, 11) is 1.80. The molecular weight excluding hydrogens is 310 g/mol. The van der Waals surface area contributed by atoms with Crippen LogP contribution >= 0.6 is 0 Å². The highest BCUT2D eigenvalue weighted by molar-refractivity contribution is 5.99. The number of urea groups is 1. The molecule has 0 radical (unpaired) electrons. The van der Waals surface area contributed by atoms with E-state index < -0.39 is 12.1 Å². The van der Waals surface area contributed by atoms with Crippen molar-refractivity contribution >= 4 is 17.8 Å². The van der Waals surface area contributed by atoms with Gasteiger partial charge < -0.3 is 10.6 Å². The van der Waals surface area contributed by atoms with E-state index in [0.29, 0.717) is 24.5 Å². The zero-order chi connectivity index (χ0) is 16.9. The highest BCUT2D eigenvalue weighted by Gasteiger charge is 2.31. The van der Waals surface area contributed by atoms with Crippen LogP contribution in [0, 0.1) is 0 Å². The molecular formula is C15H19N7O2. The summed E-state index contributed by atoms with van der Waals surface area (Å²) in [4.78, 5) is 26.2. The second-order valence-electron chi connectivity index (χ2n) is 5.57. The number of nitrogens with zero attached hydrogens (tertiary/aromatic N) is 5. The number of aryl methyl sites for hydroxylation is 1. The van der Waals surface area contributed by atoms with Crippen LogP contribution in [0.15, 0.2) is 30.6 Å². The van der Waals surface area contributed by atoms with Gasteiger partial charge in [0.15, 0.2) is 5.82 Å². The summed E-state index contributed by atoms with van der Waals surface area (Å²) in [6, 6.07) is 4.35. The van der Waals surface area contributed by atoms with Gasteiger partial charge in [0.25, 0.3) is 5.91 Å². The lowest BCUT2D eigenvalue weighted by Gasteiger charge is -2.31. The Hall–Kier alpha value is -2.97. The number of hydrogen-bond donors (Lipinski definition) is 2. The van der Waals surface area contributed by atoms with E-state index in [1.54, 1.807) is 47.2 Å². The zero-order valence-corrected chi connectivity index (χ0v) is 13.3. The first-order valence-electron chi connectivity index (χ1n) is 7.75. The van der Waals surface area contributed by atoms with Crippen molar-refractivity contribution in [2.75, 3.05) is 11.4 Å². The van der Waals surface area contributed by atoms with E-state index in [9.17, 15) is 9.59 Å². The summed E-state index contributed by atoms with van der Waals surface area (Å²) < 4.78 is 1.65. The Bertz CT molecular complexity index is 716. The Morgan fingerprint density at radius 3 is 3.00 bits per heavy atom. The van der Waals surface area contributed by atoms with Gasteiger partial charge in [-0.1, -0.05) is 0 Å². The Labute approximate surface area is 139 Å². The van der Waals surface area contributed by atoms with Crippen LogP contribution in [-0.4, -0.2) is 44.5 Å². The second kappa shape index (κ2) is 7.07. The Morgan fingerprint density at radius 1 is 1.42 bits per heavy atom. The van der Waals surface area contributed by atoms with Gasteiger partial charge in [-0.3, -0.25) is 14.4 Å². The van der Waals surface area contributed by atoms with Crippen molar-refractivity contribution in [3.8, 4) is 0 Å². The van der Waals surface area contributed by atoms with Crippen LogP contribution in [0.2, 0.25) is 0 Å². The Morgan fingerprint density at radius 2 is 2.29 bits per heavy atom. The molecule has 0 saturated carbocycles. The molecule has 3 rings (SSSR count). The second-order valence-corrected chi connectivity index (χ2v) is 5.57. The minimum Gasteiger partial charge on any atom is -0.332 e. The average Bonchev–Trinajstić information content (AvgIpc) is 3.02. The molecule has 0 bridgehead atoms. The van der Waals surface area contributed by atoms with Crippen LogP contribution in [-0.2, 0) is 18.4 Å². The fraction of sp³-hybridized carbons (Fsp3) is 0.400. The van der Waals surface area contributed by atoms with E-state index in [0.717, 1.165) is 6.42 Å². The number of amides is 3. The van der Waals surface area contributed by atoms with Gasteiger partial charge >= 0.3 is 6.03 Å². The van der Waals surface area contributed by atoms with Crippen LogP contribution in [0.3, 0.4) is 0 Å². The number of rotatable bonds is 4. The number of aromatic nitrogens is 4. The summed E-state index contributed by atoms with van der Waals surface area (Å²) in [5.74, 6) is 0.462. The monoisotopic (exact) mass is 329 g/mol. The minimum absolute atomic E-state index is 0.144. The predicted molar refractivity (Wildman–Crippen MR) is 86.0 cm³/mol. The lowest BCUT2D eigenvalue weighted by molar-refractivity contribution is -0.121. The van der Waals surface area contributed by atoms with Crippen LogP contribution in [0.4, 0.5) is 10.6 Å². The summed E-state index contributed by atoms with van der Waals surface area (Å²) in [5.41, 5.74) is 0.651. The normalized spacial score (nSPS) is 17.6. The molecule has 0 aliphatic carbocycles. The third kappa shape index (κ3) is 3.67. The molecule has 1 atom stereocenters. The molecule has 2 aromatic rings. The fourth-order valence-corrected chi connectivity index (χ4v) is 2.59. The smallest absolute Gasteiger partial charge is 0.315 e. The molecule has 9 heteroatoms. The molecule has 1 fully saturated rings. The third-order valence-electron chi connectivity index (χ3n) is 3.78. The van der Waals surface area contributed by atoms with Gasteiger partial charge in [0.1, 0.15) is 6.04 Å². The molecule has 0 spiro atoms. The van der Waals surface area contributed by atoms with Gasteiger partial charge in [-0.15, -0.1) is 0 Å². The maximum absolute atomic E-state index is 12.6. The molecule has 2 N–H and O–H groups in total. The van der Waals surface area contributed by atoms with E-state index in [-0.39, 0.29) is 12.5 Å². The molecule has 2 aromatic heterocycles. The summed E-state index contributed by atoms with van der Waals surface area (Å²) in [6.45, 7) is 0.861. The summed E-state index contributed by atoms with van der Waals surface area (Å²) in [6.07, 6.45) is 4.77. The first-order chi connectivity index (χ1) is 11.6. The fourth-order valence-electron chi connectivity index (χ4n) is 2.59. The van der Waals surface area contributed by atoms with E-state index >= 15 is 0 Å². The number of carbonyl (C=O) groups is 2. The highest BCUT2D eigenvalue weighted by Crippen LogP contribution is 2.18. The molecule has 1 saturated heterocycles. The third-order valence-corrected chi connectivity index (χ3v) is 3.78. The SMILES string of the molecule is Cn1ccc(N2CCCC(NC(=O)NCc3cccnn3)C2=O)n1. The van der Waals surface area contributed by atoms with Gasteiger partial charge in [-0.2, -0.15) is 15.3 Å². The molecule has 1 aliphatic heterocycles. The van der Waals surface area contributed by atoms with Crippen molar-refractivity contribution < 1.29 is 9.59 Å². The molecule has 3 heterocycles. The van der Waals surface area contributed by atoms with Gasteiger partial charge in [-0.25, -0.2) is 4.79 Å². The van der Waals surface area contributed by atoms with Crippen LogP contribution in [0.25, 0.3) is 0 Å². The summed E-state index contributed by atoms with van der Waals surface area (Å²) in [5, 5.41) is 17.3. The lowest BCUT2D eigenvalue weighted by atomic mass is 10.1. The largest absolute Gasteiger partial charge is 0.332 e.